The van der Waals surface area contributed by atoms with Crippen LogP contribution in [0.2, 0.25) is 0 Å². The van der Waals surface area contributed by atoms with E-state index in [0.717, 1.165) is 0 Å². The lowest BCUT2D eigenvalue weighted by Crippen LogP contribution is -2.48. The molecule has 2 heterocycles. The molecule has 1 amide bonds. The van der Waals surface area contributed by atoms with Gasteiger partial charge in [0.25, 0.3) is 0 Å². The average Bonchev–Trinajstić information content (AvgIpc) is 3.57. The van der Waals surface area contributed by atoms with Crippen molar-refractivity contribution in [3.05, 3.63) is 24.0 Å². The maximum absolute atomic E-state index is 14.9. The number of piperazine rings is 1. The highest BCUT2D eigenvalue weighted by Crippen LogP contribution is 2.37. The van der Waals surface area contributed by atoms with Crippen molar-refractivity contribution in [3.8, 4) is 11.5 Å². The SMILES string of the molecule is COc1cc2c(N)nc(N3CCN(C(=O)/C=C/C4CC4)CC3)nc2c(F)c1OC. The lowest BCUT2D eigenvalue weighted by Gasteiger charge is -2.34. The number of nitrogens with two attached hydrogens (primary N) is 1. The second kappa shape index (κ2) is 7.73. The van der Waals surface area contributed by atoms with Gasteiger partial charge in [0.15, 0.2) is 17.3 Å². The van der Waals surface area contributed by atoms with Gasteiger partial charge in [0.1, 0.15) is 11.3 Å². The first kappa shape index (κ1) is 19.2. The number of amides is 1. The van der Waals surface area contributed by atoms with Gasteiger partial charge in [-0.2, -0.15) is 4.98 Å². The molecule has 1 aromatic heterocycles. The first-order chi connectivity index (χ1) is 14.0. The maximum Gasteiger partial charge on any atom is 0.246 e. The number of allylic oxidation sites excluding steroid dienone is 1. The fraction of sp³-hybridized carbons (Fsp3) is 0.450. The molecule has 154 valence electrons. The van der Waals surface area contributed by atoms with Gasteiger partial charge in [-0.15, -0.1) is 0 Å². The molecule has 9 heteroatoms. The number of nitrogen functional groups attached to an aromatic ring is 1. The predicted molar refractivity (Wildman–Crippen MR) is 108 cm³/mol. The summed E-state index contributed by atoms with van der Waals surface area (Å²) in [5, 5.41) is 0.364. The fourth-order valence-corrected chi connectivity index (χ4v) is 3.42. The van der Waals surface area contributed by atoms with E-state index >= 15 is 0 Å². The van der Waals surface area contributed by atoms with Crippen LogP contribution in [0.5, 0.6) is 11.5 Å². The quantitative estimate of drug-likeness (QED) is 0.766. The van der Waals surface area contributed by atoms with Gasteiger partial charge in [-0.05, 0) is 30.9 Å². The maximum atomic E-state index is 14.9. The molecule has 1 saturated heterocycles. The lowest BCUT2D eigenvalue weighted by atomic mass is 10.2. The van der Waals surface area contributed by atoms with Gasteiger partial charge in [-0.25, -0.2) is 9.37 Å². The van der Waals surface area contributed by atoms with Crippen LogP contribution in [0.3, 0.4) is 0 Å². The Morgan fingerprint density at radius 2 is 1.93 bits per heavy atom. The number of anilines is 2. The van der Waals surface area contributed by atoms with E-state index in [4.69, 9.17) is 15.2 Å². The number of rotatable bonds is 5. The van der Waals surface area contributed by atoms with E-state index in [1.807, 2.05) is 11.0 Å². The van der Waals surface area contributed by atoms with Crippen LogP contribution in [0.4, 0.5) is 16.2 Å². The Hall–Kier alpha value is -3.10. The van der Waals surface area contributed by atoms with E-state index in [9.17, 15) is 9.18 Å². The van der Waals surface area contributed by atoms with Crippen LogP contribution in [-0.2, 0) is 4.79 Å². The van der Waals surface area contributed by atoms with Crippen LogP contribution in [0.1, 0.15) is 12.8 Å². The number of fused-ring (bicyclic) bond motifs is 1. The summed E-state index contributed by atoms with van der Waals surface area (Å²) in [4.78, 5) is 24.7. The Morgan fingerprint density at radius 3 is 2.55 bits per heavy atom. The summed E-state index contributed by atoms with van der Waals surface area (Å²) in [6.45, 7) is 2.18. The Bertz CT molecular complexity index is 968. The molecule has 0 bridgehead atoms. The Balaban J connectivity index is 1.55. The Labute approximate surface area is 168 Å². The highest BCUT2D eigenvalue weighted by molar-refractivity contribution is 5.92. The standard InChI is InChI=1S/C20H24FN5O3/c1-28-14-11-13-17(16(21)18(14)29-2)23-20(24-19(13)22)26-9-7-25(8-10-26)15(27)6-5-12-3-4-12/h5-6,11-12H,3-4,7-10H2,1-2H3,(H2,22,23,24)/b6-5+. The molecule has 1 aliphatic heterocycles. The van der Waals surface area contributed by atoms with Crippen molar-refractivity contribution in [2.45, 2.75) is 12.8 Å². The number of nitrogens with zero attached hydrogens (tertiary/aromatic N) is 4. The minimum atomic E-state index is -0.642. The van der Waals surface area contributed by atoms with Crippen molar-refractivity contribution in [3.63, 3.8) is 0 Å². The average molecular weight is 401 g/mol. The van der Waals surface area contributed by atoms with Gasteiger partial charge in [0.2, 0.25) is 11.9 Å². The van der Waals surface area contributed by atoms with Gasteiger partial charge in [-0.3, -0.25) is 4.79 Å². The summed E-state index contributed by atoms with van der Waals surface area (Å²) in [7, 11) is 2.79. The molecule has 1 aliphatic carbocycles. The zero-order valence-corrected chi connectivity index (χ0v) is 16.5. The third-order valence-electron chi connectivity index (χ3n) is 5.30. The summed E-state index contributed by atoms with van der Waals surface area (Å²) in [6, 6.07) is 1.57. The van der Waals surface area contributed by atoms with E-state index < -0.39 is 5.82 Å². The zero-order chi connectivity index (χ0) is 20.5. The molecular formula is C20H24FN5O3. The molecular weight excluding hydrogens is 377 g/mol. The number of aromatic nitrogens is 2. The molecule has 0 unspecified atom stereocenters. The molecule has 0 atom stereocenters. The molecule has 29 heavy (non-hydrogen) atoms. The van der Waals surface area contributed by atoms with Crippen molar-refractivity contribution in [1.82, 2.24) is 14.9 Å². The summed E-state index contributed by atoms with van der Waals surface area (Å²) < 4.78 is 25.2. The van der Waals surface area contributed by atoms with Crippen LogP contribution in [-0.4, -0.2) is 61.2 Å². The molecule has 0 radical (unpaired) electrons. The Morgan fingerprint density at radius 1 is 1.21 bits per heavy atom. The van der Waals surface area contributed by atoms with Crippen LogP contribution >= 0.6 is 0 Å². The molecule has 2 N–H and O–H groups in total. The minimum Gasteiger partial charge on any atom is -0.493 e. The molecule has 2 aliphatic rings. The monoisotopic (exact) mass is 401 g/mol. The number of carbonyl (C=O) groups is 1. The van der Waals surface area contributed by atoms with Crippen LogP contribution in [0.15, 0.2) is 18.2 Å². The van der Waals surface area contributed by atoms with Gasteiger partial charge in [-0.1, -0.05) is 6.08 Å². The number of halogens is 1. The fourth-order valence-electron chi connectivity index (χ4n) is 3.42. The molecule has 4 rings (SSSR count). The largest absolute Gasteiger partial charge is 0.493 e. The molecule has 1 aromatic carbocycles. The van der Waals surface area contributed by atoms with Gasteiger partial charge >= 0.3 is 0 Å². The van der Waals surface area contributed by atoms with Crippen molar-refractivity contribution in [2.75, 3.05) is 51.0 Å². The second-order valence-corrected chi connectivity index (χ2v) is 7.24. The van der Waals surface area contributed by atoms with Crippen molar-refractivity contribution in [1.29, 1.82) is 0 Å². The van der Waals surface area contributed by atoms with Crippen LogP contribution in [0.25, 0.3) is 10.9 Å². The van der Waals surface area contributed by atoms with E-state index in [-0.39, 0.29) is 28.7 Å². The summed E-state index contributed by atoms with van der Waals surface area (Å²) >= 11 is 0. The normalized spacial score (nSPS) is 17.2. The highest BCUT2D eigenvalue weighted by Gasteiger charge is 2.25. The van der Waals surface area contributed by atoms with E-state index in [0.29, 0.717) is 43.4 Å². The molecule has 2 fully saturated rings. The summed E-state index contributed by atoms with van der Waals surface area (Å²) in [5.41, 5.74) is 6.16. The van der Waals surface area contributed by atoms with Gasteiger partial charge < -0.3 is 25.0 Å². The molecule has 0 spiro atoms. The third-order valence-corrected chi connectivity index (χ3v) is 5.30. The highest BCUT2D eigenvalue weighted by atomic mass is 19.1. The number of hydrogen-bond donors (Lipinski definition) is 1. The third kappa shape index (κ3) is 3.76. The second-order valence-electron chi connectivity index (χ2n) is 7.24. The summed E-state index contributed by atoms with van der Waals surface area (Å²) in [6.07, 6.45) is 6.01. The zero-order valence-electron chi connectivity index (χ0n) is 16.5. The number of carbonyl (C=O) groups excluding carboxylic acids is 1. The first-order valence-corrected chi connectivity index (χ1v) is 9.61. The van der Waals surface area contributed by atoms with Gasteiger partial charge in [0, 0.05) is 31.6 Å². The number of ether oxygens (including phenoxy) is 2. The first-order valence-electron chi connectivity index (χ1n) is 9.61. The van der Waals surface area contributed by atoms with Crippen LogP contribution < -0.4 is 20.1 Å². The van der Waals surface area contributed by atoms with Crippen molar-refractivity contribution in [2.24, 2.45) is 5.92 Å². The number of methoxy groups -OCH3 is 2. The number of hydrogen-bond acceptors (Lipinski definition) is 7. The van der Waals surface area contributed by atoms with E-state index in [1.54, 1.807) is 17.0 Å². The van der Waals surface area contributed by atoms with Gasteiger partial charge in [0.05, 0.1) is 14.2 Å². The van der Waals surface area contributed by atoms with Crippen molar-refractivity contribution < 1.29 is 18.7 Å². The summed E-state index contributed by atoms with van der Waals surface area (Å²) in [5.74, 6) is 0.653. The van der Waals surface area contributed by atoms with E-state index in [1.165, 1.54) is 27.1 Å². The molecule has 1 saturated carbocycles. The topological polar surface area (TPSA) is 93.8 Å². The van der Waals surface area contributed by atoms with E-state index in [2.05, 4.69) is 9.97 Å². The smallest absolute Gasteiger partial charge is 0.246 e. The minimum absolute atomic E-state index is 0.0260. The number of benzene rings is 1. The van der Waals surface area contributed by atoms with Crippen molar-refractivity contribution >= 4 is 28.6 Å². The van der Waals surface area contributed by atoms with Crippen LogP contribution in [0, 0.1) is 11.7 Å². The molecule has 8 nitrogen and oxygen atoms in total. The Kier molecular flexibility index (Phi) is 5.12. The lowest BCUT2D eigenvalue weighted by molar-refractivity contribution is -0.126. The predicted octanol–water partition coefficient (Wildman–Crippen LogP) is 1.98. The molecule has 2 aromatic rings.